The number of nitrogens with one attached hydrogen (secondary N) is 2. The number of hydrogen-bond acceptors (Lipinski definition) is 4. The van der Waals surface area contributed by atoms with Crippen LogP contribution in [0.3, 0.4) is 0 Å². The first-order chi connectivity index (χ1) is 9.97. The summed E-state index contributed by atoms with van der Waals surface area (Å²) in [6.45, 7) is 3.79. The number of carbonyl (C=O) groups is 2. The SMILES string of the molecule is C=CCNC(CC(=O)Nc1ccc(OC)c(Cl)c1)C(=O)O. The molecule has 1 aromatic carbocycles. The molecule has 0 aliphatic carbocycles. The van der Waals surface area contributed by atoms with Crippen molar-refractivity contribution in [3.63, 3.8) is 0 Å². The highest BCUT2D eigenvalue weighted by molar-refractivity contribution is 6.32. The van der Waals surface area contributed by atoms with Crippen molar-refractivity contribution in [3.05, 3.63) is 35.9 Å². The number of methoxy groups -OCH3 is 1. The minimum atomic E-state index is -1.10. The maximum absolute atomic E-state index is 11.8. The van der Waals surface area contributed by atoms with Gasteiger partial charge in [-0.1, -0.05) is 17.7 Å². The number of halogens is 1. The van der Waals surface area contributed by atoms with Crippen molar-refractivity contribution in [1.29, 1.82) is 0 Å². The lowest BCUT2D eigenvalue weighted by Gasteiger charge is -2.13. The average molecular weight is 313 g/mol. The molecule has 0 aliphatic rings. The fraction of sp³-hybridized carbons (Fsp3) is 0.286. The molecule has 0 aliphatic heterocycles. The first-order valence-corrected chi connectivity index (χ1v) is 6.56. The lowest BCUT2D eigenvalue weighted by Crippen LogP contribution is -2.39. The van der Waals surface area contributed by atoms with Gasteiger partial charge >= 0.3 is 5.97 Å². The summed E-state index contributed by atoms with van der Waals surface area (Å²) in [6, 6.07) is 3.79. The van der Waals surface area contributed by atoms with E-state index in [2.05, 4.69) is 17.2 Å². The monoisotopic (exact) mass is 312 g/mol. The summed E-state index contributed by atoms with van der Waals surface area (Å²) in [6.07, 6.45) is 1.32. The third kappa shape index (κ3) is 5.45. The molecular weight excluding hydrogens is 296 g/mol. The van der Waals surface area contributed by atoms with E-state index in [4.69, 9.17) is 21.4 Å². The molecular formula is C14H17ClN2O4. The molecule has 1 atom stereocenters. The lowest BCUT2D eigenvalue weighted by molar-refractivity contribution is -0.140. The van der Waals surface area contributed by atoms with Crippen LogP contribution < -0.4 is 15.4 Å². The van der Waals surface area contributed by atoms with Crippen molar-refractivity contribution < 1.29 is 19.4 Å². The van der Waals surface area contributed by atoms with E-state index in [0.717, 1.165) is 0 Å². The number of carbonyl (C=O) groups excluding carboxylic acids is 1. The van der Waals surface area contributed by atoms with E-state index >= 15 is 0 Å². The van der Waals surface area contributed by atoms with E-state index in [-0.39, 0.29) is 6.42 Å². The second-order valence-electron chi connectivity index (χ2n) is 4.19. The summed E-state index contributed by atoms with van der Waals surface area (Å²) >= 11 is 5.94. The van der Waals surface area contributed by atoms with Crippen LogP contribution in [-0.2, 0) is 9.59 Å². The molecule has 1 rings (SSSR count). The first-order valence-electron chi connectivity index (χ1n) is 6.18. The highest BCUT2D eigenvalue weighted by atomic mass is 35.5. The largest absolute Gasteiger partial charge is 0.495 e. The number of ether oxygens (including phenoxy) is 1. The van der Waals surface area contributed by atoms with Gasteiger partial charge in [0.15, 0.2) is 0 Å². The molecule has 21 heavy (non-hydrogen) atoms. The van der Waals surface area contributed by atoms with Gasteiger partial charge in [0.2, 0.25) is 5.91 Å². The molecule has 0 saturated carbocycles. The van der Waals surface area contributed by atoms with Crippen molar-refractivity contribution >= 4 is 29.2 Å². The van der Waals surface area contributed by atoms with Gasteiger partial charge in [-0.3, -0.25) is 9.59 Å². The third-order valence-corrected chi connectivity index (χ3v) is 2.93. The molecule has 7 heteroatoms. The van der Waals surface area contributed by atoms with Crippen LogP contribution in [0.1, 0.15) is 6.42 Å². The molecule has 114 valence electrons. The summed E-state index contributed by atoms with van der Waals surface area (Å²) < 4.78 is 5.00. The quantitative estimate of drug-likeness (QED) is 0.638. The Kier molecular flexibility index (Phi) is 6.71. The van der Waals surface area contributed by atoms with E-state index in [1.54, 1.807) is 12.1 Å². The maximum atomic E-state index is 11.8. The molecule has 0 fully saturated rings. The van der Waals surface area contributed by atoms with Crippen LogP contribution in [-0.4, -0.2) is 36.7 Å². The van der Waals surface area contributed by atoms with E-state index in [0.29, 0.717) is 23.0 Å². The Morgan fingerprint density at radius 3 is 2.76 bits per heavy atom. The summed E-state index contributed by atoms with van der Waals surface area (Å²) in [4.78, 5) is 22.9. The molecule has 3 N–H and O–H groups in total. The number of hydrogen-bond donors (Lipinski definition) is 3. The van der Waals surface area contributed by atoms with Gasteiger partial charge < -0.3 is 20.5 Å². The van der Waals surface area contributed by atoms with Gasteiger partial charge in [-0.15, -0.1) is 6.58 Å². The van der Waals surface area contributed by atoms with Crippen LogP contribution >= 0.6 is 11.6 Å². The van der Waals surface area contributed by atoms with E-state index < -0.39 is 17.9 Å². The van der Waals surface area contributed by atoms with Crippen LogP contribution in [0.4, 0.5) is 5.69 Å². The van der Waals surface area contributed by atoms with Crippen LogP contribution in [0.2, 0.25) is 5.02 Å². The summed E-state index contributed by atoms with van der Waals surface area (Å²) in [7, 11) is 1.49. The molecule has 0 radical (unpaired) electrons. The Hall–Kier alpha value is -2.05. The zero-order valence-electron chi connectivity index (χ0n) is 11.6. The van der Waals surface area contributed by atoms with Gasteiger partial charge in [0.1, 0.15) is 11.8 Å². The topological polar surface area (TPSA) is 87.7 Å². The summed E-state index contributed by atoms with van der Waals surface area (Å²) in [5, 5.41) is 14.6. The fourth-order valence-electron chi connectivity index (χ4n) is 1.61. The lowest BCUT2D eigenvalue weighted by atomic mass is 10.2. The molecule has 1 unspecified atom stereocenters. The zero-order chi connectivity index (χ0) is 15.8. The van der Waals surface area contributed by atoms with Gasteiger partial charge in [-0.05, 0) is 18.2 Å². The molecule has 1 aromatic rings. The van der Waals surface area contributed by atoms with Crippen molar-refractivity contribution in [2.75, 3.05) is 19.0 Å². The van der Waals surface area contributed by atoms with Crippen LogP contribution in [0.25, 0.3) is 0 Å². The fourth-order valence-corrected chi connectivity index (χ4v) is 1.87. The molecule has 0 aromatic heterocycles. The molecule has 0 bridgehead atoms. The van der Waals surface area contributed by atoms with Gasteiger partial charge in [-0.25, -0.2) is 0 Å². The number of anilines is 1. The number of carboxylic acids is 1. The molecule has 6 nitrogen and oxygen atoms in total. The van der Waals surface area contributed by atoms with Gasteiger partial charge in [0.25, 0.3) is 0 Å². The number of benzene rings is 1. The molecule has 0 saturated heterocycles. The Morgan fingerprint density at radius 1 is 1.52 bits per heavy atom. The Labute approximate surface area is 127 Å². The van der Waals surface area contributed by atoms with E-state index in [1.165, 1.54) is 19.3 Å². The van der Waals surface area contributed by atoms with E-state index in [1.807, 2.05) is 0 Å². The second kappa shape index (κ2) is 8.28. The van der Waals surface area contributed by atoms with Crippen molar-refractivity contribution in [2.45, 2.75) is 12.5 Å². The van der Waals surface area contributed by atoms with Crippen LogP contribution in [0, 0.1) is 0 Å². The number of carboxylic acid groups (broad SMARTS) is 1. The number of aliphatic carboxylic acids is 1. The predicted molar refractivity (Wildman–Crippen MR) is 80.9 cm³/mol. The smallest absolute Gasteiger partial charge is 0.321 e. The van der Waals surface area contributed by atoms with Gasteiger partial charge in [0.05, 0.1) is 18.6 Å². The Balaban J connectivity index is 2.65. The van der Waals surface area contributed by atoms with Crippen LogP contribution in [0.5, 0.6) is 5.75 Å². The number of amides is 1. The normalized spacial score (nSPS) is 11.5. The first kappa shape index (κ1) is 17.0. The molecule has 1 amide bonds. The van der Waals surface area contributed by atoms with Crippen molar-refractivity contribution in [2.24, 2.45) is 0 Å². The van der Waals surface area contributed by atoms with Gasteiger partial charge in [-0.2, -0.15) is 0 Å². The summed E-state index contributed by atoms with van der Waals surface area (Å²) in [5.74, 6) is -1.04. The zero-order valence-corrected chi connectivity index (χ0v) is 12.3. The highest BCUT2D eigenvalue weighted by Gasteiger charge is 2.20. The highest BCUT2D eigenvalue weighted by Crippen LogP contribution is 2.27. The third-order valence-electron chi connectivity index (χ3n) is 2.63. The van der Waals surface area contributed by atoms with Crippen LogP contribution in [0.15, 0.2) is 30.9 Å². The van der Waals surface area contributed by atoms with Crippen molar-refractivity contribution in [1.82, 2.24) is 5.32 Å². The maximum Gasteiger partial charge on any atom is 0.321 e. The Morgan fingerprint density at radius 2 is 2.24 bits per heavy atom. The predicted octanol–water partition coefficient (Wildman–Crippen LogP) is 1.91. The minimum absolute atomic E-state index is 0.202. The second-order valence-corrected chi connectivity index (χ2v) is 4.60. The Bertz CT molecular complexity index is 534. The van der Waals surface area contributed by atoms with Gasteiger partial charge in [0, 0.05) is 12.2 Å². The van der Waals surface area contributed by atoms with Crippen molar-refractivity contribution in [3.8, 4) is 5.75 Å². The molecule has 0 heterocycles. The number of rotatable bonds is 8. The van der Waals surface area contributed by atoms with E-state index in [9.17, 15) is 9.59 Å². The average Bonchev–Trinajstić information content (AvgIpc) is 2.43. The molecule has 0 spiro atoms. The standard InChI is InChI=1S/C14H17ClN2O4/c1-3-6-16-11(14(19)20)8-13(18)17-9-4-5-12(21-2)10(15)7-9/h3-5,7,11,16H,1,6,8H2,2H3,(H,17,18)(H,19,20). The summed E-state index contributed by atoms with van der Waals surface area (Å²) in [5.41, 5.74) is 0.471. The minimum Gasteiger partial charge on any atom is -0.495 e.